The number of nitrogens with two attached hydrogens (primary N) is 1. The maximum absolute atomic E-state index is 9.64. The molecule has 1 atom stereocenters. The molecule has 0 aliphatic rings. The number of methoxy groups -OCH3 is 1. The number of anilines is 2. The molecular weight excluding hydrogens is 406 g/mol. The van der Waals surface area contributed by atoms with E-state index in [1.54, 1.807) is 11.8 Å². The number of nitrogens with one attached hydrogen (secondary N) is 1. The van der Waals surface area contributed by atoms with Crippen LogP contribution in [0.5, 0.6) is 5.75 Å². The van der Waals surface area contributed by atoms with Gasteiger partial charge in [0.1, 0.15) is 11.3 Å². The van der Waals surface area contributed by atoms with E-state index >= 15 is 0 Å². The van der Waals surface area contributed by atoms with Crippen molar-refractivity contribution in [2.45, 2.75) is 38.9 Å². The largest absolute Gasteiger partial charge is 0.496 e. The van der Waals surface area contributed by atoms with E-state index < -0.39 is 0 Å². The number of benzene rings is 1. The van der Waals surface area contributed by atoms with E-state index in [0.29, 0.717) is 23.4 Å². The fourth-order valence-electron chi connectivity index (χ4n) is 3.70. The lowest BCUT2D eigenvalue weighted by molar-refractivity contribution is 0.268. The van der Waals surface area contributed by atoms with Gasteiger partial charge in [0.2, 0.25) is 5.95 Å². The van der Waals surface area contributed by atoms with Crippen LogP contribution in [0.4, 0.5) is 11.8 Å². The molecule has 0 amide bonds. The third-order valence-electron chi connectivity index (χ3n) is 5.20. The van der Waals surface area contributed by atoms with Gasteiger partial charge in [-0.25, -0.2) is 4.98 Å². The predicted octanol–water partition coefficient (Wildman–Crippen LogP) is 2.66. The summed E-state index contributed by atoms with van der Waals surface area (Å²) in [6.07, 6.45) is 5.49. The summed E-state index contributed by atoms with van der Waals surface area (Å²) in [5, 5.41) is 17.6. The molecule has 0 saturated carbocycles. The average Bonchev–Trinajstić information content (AvgIpc) is 3.16. The van der Waals surface area contributed by atoms with Crippen molar-refractivity contribution in [1.29, 1.82) is 0 Å². The van der Waals surface area contributed by atoms with Gasteiger partial charge >= 0.3 is 0 Å². The second kappa shape index (κ2) is 10.9. The van der Waals surface area contributed by atoms with Crippen LogP contribution in [0.3, 0.4) is 0 Å². The zero-order valence-electron chi connectivity index (χ0n) is 19.1. The Bertz CT molecular complexity index is 1050. The molecule has 0 unspecified atom stereocenters. The van der Waals surface area contributed by atoms with Crippen molar-refractivity contribution in [1.82, 2.24) is 24.6 Å². The van der Waals surface area contributed by atoms with E-state index in [0.717, 1.165) is 42.8 Å². The van der Waals surface area contributed by atoms with Crippen molar-refractivity contribution >= 4 is 22.8 Å². The maximum Gasteiger partial charge on any atom is 0.222 e. The third kappa shape index (κ3) is 5.74. The zero-order valence-corrected chi connectivity index (χ0v) is 19.1. The summed E-state index contributed by atoms with van der Waals surface area (Å²) >= 11 is 0. The molecule has 0 spiro atoms. The topological polar surface area (TPSA) is 114 Å². The number of hydrogen-bond acceptors (Lipinski definition) is 8. The van der Waals surface area contributed by atoms with Crippen molar-refractivity contribution in [2.24, 2.45) is 0 Å². The Labute approximate surface area is 188 Å². The number of likely N-dealkylation sites (N-methyl/N-ethyl adjacent to an activating group) is 1. The Kier molecular flexibility index (Phi) is 8.02. The Morgan fingerprint density at radius 2 is 2.19 bits per heavy atom. The van der Waals surface area contributed by atoms with Crippen LogP contribution in [0.25, 0.3) is 11.0 Å². The van der Waals surface area contributed by atoms with Crippen molar-refractivity contribution in [3.05, 3.63) is 48.2 Å². The summed E-state index contributed by atoms with van der Waals surface area (Å²) in [7, 11) is 3.73. The van der Waals surface area contributed by atoms with Gasteiger partial charge in [-0.05, 0) is 25.1 Å². The molecule has 172 valence electrons. The van der Waals surface area contributed by atoms with Crippen LogP contribution in [0, 0.1) is 0 Å². The van der Waals surface area contributed by atoms with E-state index in [9.17, 15) is 5.11 Å². The van der Waals surface area contributed by atoms with Crippen LogP contribution in [0.15, 0.2) is 37.1 Å². The molecule has 0 saturated heterocycles. The lowest BCUT2D eigenvalue weighted by Gasteiger charge is -2.16. The van der Waals surface area contributed by atoms with Crippen LogP contribution in [-0.4, -0.2) is 63.1 Å². The number of aliphatic hydroxyl groups excluding tert-OH is 1. The number of fused-ring (bicyclic) bond motifs is 1. The Morgan fingerprint density at radius 1 is 1.38 bits per heavy atom. The molecule has 0 aliphatic heterocycles. The summed E-state index contributed by atoms with van der Waals surface area (Å²) in [5.41, 5.74) is 9.35. The summed E-state index contributed by atoms with van der Waals surface area (Å²) in [4.78, 5) is 10.8. The first-order chi connectivity index (χ1) is 15.5. The minimum absolute atomic E-state index is 0.00544. The molecule has 9 heteroatoms. The van der Waals surface area contributed by atoms with Gasteiger partial charge in [0, 0.05) is 18.7 Å². The molecule has 0 bridgehead atoms. The summed E-state index contributed by atoms with van der Waals surface area (Å²) in [5.74, 6) is 1.51. The monoisotopic (exact) mass is 439 g/mol. The summed E-state index contributed by atoms with van der Waals surface area (Å²) < 4.78 is 7.45. The van der Waals surface area contributed by atoms with Crippen LogP contribution in [0.2, 0.25) is 0 Å². The first-order valence-electron chi connectivity index (χ1n) is 10.8. The zero-order chi connectivity index (χ0) is 23.1. The highest BCUT2D eigenvalue weighted by Gasteiger charge is 2.16. The first kappa shape index (κ1) is 23.5. The van der Waals surface area contributed by atoms with Gasteiger partial charge in [-0.1, -0.05) is 31.6 Å². The van der Waals surface area contributed by atoms with Gasteiger partial charge in [0.15, 0.2) is 11.3 Å². The fourth-order valence-corrected chi connectivity index (χ4v) is 3.70. The molecule has 0 fully saturated rings. The van der Waals surface area contributed by atoms with E-state index in [4.69, 9.17) is 10.5 Å². The quantitative estimate of drug-likeness (QED) is 0.369. The normalized spacial score (nSPS) is 12.3. The standard InChI is InChI=1S/C23H33N7O2/c1-5-7-18(15-31)25-22-21-19(26-23(24)27-22)14-30(28-21)13-17-9-8-16(11-20(17)32-4)12-29(3)10-6-2/h6,8-9,11,14,18,31H,2,5,7,10,12-13,15H2,1,3-4H3,(H3,24,25,26,27)/t18-/m0/s1. The molecule has 1 aromatic carbocycles. The highest BCUT2D eigenvalue weighted by Crippen LogP contribution is 2.25. The second-order valence-electron chi connectivity index (χ2n) is 7.94. The molecule has 2 heterocycles. The number of aliphatic hydroxyl groups is 1. The van der Waals surface area contributed by atoms with Gasteiger partial charge in [-0.15, -0.1) is 6.58 Å². The minimum Gasteiger partial charge on any atom is -0.496 e. The number of rotatable bonds is 12. The predicted molar refractivity (Wildman–Crippen MR) is 128 cm³/mol. The molecule has 3 aromatic rings. The Morgan fingerprint density at radius 3 is 2.88 bits per heavy atom. The molecular formula is C23H33N7O2. The molecule has 4 N–H and O–H groups in total. The van der Waals surface area contributed by atoms with Crippen LogP contribution in [-0.2, 0) is 13.1 Å². The number of nitrogens with zero attached hydrogens (tertiary/aromatic N) is 5. The van der Waals surface area contributed by atoms with E-state index in [1.807, 2.05) is 12.3 Å². The summed E-state index contributed by atoms with van der Waals surface area (Å²) in [6.45, 7) is 8.00. The first-order valence-corrected chi connectivity index (χ1v) is 10.8. The second-order valence-corrected chi connectivity index (χ2v) is 7.94. The highest BCUT2D eigenvalue weighted by molar-refractivity contribution is 5.85. The average molecular weight is 440 g/mol. The smallest absolute Gasteiger partial charge is 0.222 e. The Hall–Kier alpha value is -3.17. The van der Waals surface area contributed by atoms with Crippen LogP contribution < -0.4 is 15.8 Å². The van der Waals surface area contributed by atoms with Crippen LogP contribution >= 0.6 is 0 Å². The molecule has 32 heavy (non-hydrogen) atoms. The van der Waals surface area contributed by atoms with Crippen molar-refractivity contribution in [3.8, 4) is 5.75 Å². The van der Waals surface area contributed by atoms with E-state index in [1.165, 1.54) is 0 Å². The molecule has 9 nitrogen and oxygen atoms in total. The van der Waals surface area contributed by atoms with Gasteiger partial charge in [-0.3, -0.25) is 9.58 Å². The molecule has 0 radical (unpaired) electrons. The van der Waals surface area contributed by atoms with Crippen molar-refractivity contribution in [2.75, 3.05) is 38.4 Å². The molecule has 0 aliphatic carbocycles. The number of hydrogen-bond donors (Lipinski definition) is 3. The van der Waals surface area contributed by atoms with Crippen molar-refractivity contribution < 1.29 is 9.84 Å². The number of nitrogen functional groups attached to an aromatic ring is 1. The number of ether oxygens (including phenoxy) is 1. The lowest BCUT2D eigenvalue weighted by atomic mass is 10.1. The Balaban J connectivity index is 1.86. The van der Waals surface area contributed by atoms with E-state index in [2.05, 4.69) is 64.0 Å². The molecule has 2 aromatic heterocycles. The highest BCUT2D eigenvalue weighted by atomic mass is 16.5. The maximum atomic E-state index is 9.64. The summed E-state index contributed by atoms with van der Waals surface area (Å²) in [6, 6.07) is 6.10. The van der Waals surface area contributed by atoms with Crippen LogP contribution in [0.1, 0.15) is 30.9 Å². The SMILES string of the molecule is C=CCN(C)Cc1ccc(Cn2cc3nc(N)nc(N[C@H](CO)CCC)c3n2)c(OC)c1. The number of aromatic nitrogens is 4. The van der Waals surface area contributed by atoms with Gasteiger partial charge in [0.25, 0.3) is 0 Å². The van der Waals surface area contributed by atoms with Gasteiger partial charge in [-0.2, -0.15) is 10.1 Å². The van der Waals surface area contributed by atoms with E-state index in [-0.39, 0.29) is 18.6 Å². The fraction of sp³-hybridized carbons (Fsp3) is 0.435. The third-order valence-corrected chi connectivity index (χ3v) is 5.20. The van der Waals surface area contributed by atoms with Crippen molar-refractivity contribution in [3.63, 3.8) is 0 Å². The lowest BCUT2D eigenvalue weighted by Crippen LogP contribution is -2.24. The minimum atomic E-state index is -0.116. The van der Waals surface area contributed by atoms with Gasteiger partial charge < -0.3 is 20.9 Å². The molecule has 3 rings (SSSR count). The van der Waals surface area contributed by atoms with Gasteiger partial charge in [0.05, 0.1) is 32.5 Å².